The molecule has 0 bridgehead atoms. The number of halogens is 1. The number of hydrogen-bond acceptors (Lipinski definition) is 12. The molecule has 1 aromatic heterocycles. The first kappa shape index (κ1) is 55.6. The minimum Gasteiger partial charge on any atom is -0.409 e. The molecule has 0 spiro atoms. The zero-order chi connectivity index (χ0) is 55.8. The van der Waals surface area contributed by atoms with Crippen LogP contribution in [0.1, 0.15) is 71.9 Å². The van der Waals surface area contributed by atoms with E-state index in [1.807, 2.05) is 45.2 Å². The number of hydrogen-bond donors (Lipinski definition) is 7. The van der Waals surface area contributed by atoms with Crippen LogP contribution in [0.25, 0.3) is 21.7 Å². The summed E-state index contributed by atoms with van der Waals surface area (Å²) in [6.45, 7) is 5.94. The maximum Gasteiger partial charge on any atom is 0.415 e. The van der Waals surface area contributed by atoms with Crippen molar-refractivity contribution in [3.63, 3.8) is 0 Å². The molecule has 4 heterocycles. The quantitative estimate of drug-likeness (QED) is 0.0431. The Morgan fingerprint density at radius 3 is 2.17 bits per heavy atom. The number of imide groups is 1. The van der Waals surface area contributed by atoms with Crippen LogP contribution < -0.4 is 42.0 Å². The minimum absolute atomic E-state index is 0.0107. The van der Waals surface area contributed by atoms with Gasteiger partial charge < -0.3 is 56.7 Å². The van der Waals surface area contributed by atoms with Gasteiger partial charge in [-0.3, -0.25) is 48.1 Å². The van der Waals surface area contributed by atoms with Gasteiger partial charge in [-0.1, -0.05) is 38.1 Å². The molecule has 10 amide bonds. The van der Waals surface area contributed by atoms with Gasteiger partial charge in [0.2, 0.25) is 29.5 Å². The van der Waals surface area contributed by atoms with E-state index in [4.69, 9.17) is 22.1 Å². The van der Waals surface area contributed by atoms with Crippen LogP contribution in [0.4, 0.5) is 21.9 Å². The molecule has 4 aromatic carbocycles. The summed E-state index contributed by atoms with van der Waals surface area (Å²) < 4.78 is 6.05. The molecule has 0 radical (unpaired) electrons. The second kappa shape index (κ2) is 24.6. The fourth-order valence-electron chi connectivity index (χ4n) is 9.52. The SMILES string of the molecule is CC(C)C[C@H](NC(=O)[C@H](CC(N)=O)NC(=O)CNC(=O)CCCN1C(=O)C=CC1=O)C(=O)Nc1ccc(C(=O)Nc2ccc3[nH]c(C(=O)N4C[C@@H](CCl)c5c4cc(OC(=O)N4CCN(C)CC4)c4ccccc54)cc3c2)cc1. The van der Waals surface area contributed by atoms with Gasteiger partial charge in [-0.15, -0.1) is 11.6 Å². The Morgan fingerprint density at radius 2 is 1.49 bits per heavy atom. The molecule has 5 aromatic rings. The summed E-state index contributed by atoms with van der Waals surface area (Å²) in [7, 11) is 2.00. The van der Waals surface area contributed by atoms with Gasteiger partial charge in [0.05, 0.1) is 18.7 Å². The minimum atomic E-state index is -1.49. The number of H-pyrrole nitrogens is 1. The molecule has 0 unspecified atom stereocenters. The molecule has 1 fully saturated rings. The average Bonchev–Trinajstić information content (AvgIpc) is 4.20. The number of carbonyl (C=O) groups is 10. The smallest absolute Gasteiger partial charge is 0.409 e. The van der Waals surface area contributed by atoms with E-state index in [0.717, 1.165) is 46.5 Å². The van der Waals surface area contributed by atoms with Crippen LogP contribution in [0.15, 0.2) is 91.0 Å². The lowest BCUT2D eigenvalue weighted by atomic mass is 9.95. The van der Waals surface area contributed by atoms with E-state index in [-0.39, 0.29) is 55.0 Å². The Morgan fingerprint density at radius 1 is 0.795 bits per heavy atom. The maximum absolute atomic E-state index is 14.4. The van der Waals surface area contributed by atoms with Crippen LogP contribution in [0.3, 0.4) is 0 Å². The number of aromatic amines is 1. The molecular weight excluding hydrogens is 1030 g/mol. The van der Waals surface area contributed by atoms with Crippen molar-refractivity contribution in [3.05, 3.63) is 108 Å². The largest absolute Gasteiger partial charge is 0.415 e. The number of carbonyl (C=O) groups excluding carboxylic acids is 10. The van der Waals surface area contributed by atoms with Crippen molar-refractivity contribution in [2.24, 2.45) is 11.7 Å². The van der Waals surface area contributed by atoms with E-state index in [1.54, 1.807) is 40.1 Å². The molecule has 78 heavy (non-hydrogen) atoms. The zero-order valence-corrected chi connectivity index (χ0v) is 43.9. The zero-order valence-electron chi connectivity index (χ0n) is 43.2. The van der Waals surface area contributed by atoms with Gasteiger partial charge >= 0.3 is 6.09 Å². The number of nitrogens with one attached hydrogen (secondary N) is 6. The number of fused-ring (bicyclic) bond motifs is 4. The number of nitrogens with two attached hydrogens (primary N) is 1. The van der Waals surface area contributed by atoms with Crippen LogP contribution in [0.2, 0.25) is 0 Å². The Balaban J connectivity index is 0.870. The lowest BCUT2D eigenvalue weighted by molar-refractivity contribution is -0.137. The lowest BCUT2D eigenvalue weighted by Gasteiger charge is -2.31. The number of primary amides is 1. The number of likely N-dealkylation sites (N-methyl/N-ethyl adjacent to an activating group) is 1. The van der Waals surface area contributed by atoms with Crippen LogP contribution in [-0.4, -0.2) is 150 Å². The highest BCUT2D eigenvalue weighted by Crippen LogP contribution is 2.46. The standard InChI is InChI=1S/C55H60ClN11O11/c1-31(2)23-40(63-53(75)41(26-45(57)68)62-47(70)29-58-46(69)9-6-18-66-48(71)16-17-49(66)72)52(74)59-35-12-10-32(11-13-35)51(73)60-36-14-15-39-33(24-36)25-42(61-39)54(76)67-30-34(28-56)50-38-8-5-4-7-37(38)44(27-43(50)67)78-55(77)65-21-19-64(3)20-22-65/h4-5,7-8,10-17,24-25,27,31,34,40-41,61H,6,9,18-23,26,28-30H2,1-3H3,(H2,57,68)(H,58,69)(H,59,74)(H,60,73)(H,62,70)(H,63,75)/t34-,40+,41+/m1/s1. The fourth-order valence-corrected chi connectivity index (χ4v) is 9.77. The van der Waals surface area contributed by atoms with Crippen molar-refractivity contribution < 1.29 is 52.7 Å². The van der Waals surface area contributed by atoms with Crippen LogP contribution in [0.5, 0.6) is 5.75 Å². The molecule has 23 heteroatoms. The van der Waals surface area contributed by atoms with Crippen LogP contribution >= 0.6 is 11.6 Å². The summed E-state index contributed by atoms with van der Waals surface area (Å²) in [5.74, 6) is -5.24. The van der Waals surface area contributed by atoms with Gasteiger partial charge in [0, 0.05) is 109 Å². The van der Waals surface area contributed by atoms with E-state index in [1.165, 1.54) is 24.3 Å². The summed E-state index contributed by atoms with van der Waals surface area (Å²) in [5, 5.41) is 15.2. The van der Waals surface area contributed by atoms with Crippen molar-refractivity contribution in [2.45, 2.75) is 57.5 Å². The molecule has 3 aliphatic rings. The highest BCUT2D eigenvalue weighted by atomic mass is 35.5. The van der Waals surface area contributed by atoms with E-state index >= 15 is 0 Å². The molecule has 8 N–H and O–H groups in total. The highest BCUT2D eigenvalue weighted by Gasteiger charge is 2.37. The second-order valence-corrected chi connectivity index (χ2v) is 20.1. The molecule has 0 aliphatic carbocycles. The molecule has 3 aliphatic heterocycles. The Labute approximate surface area is 453 Å². The van der Waals surface area contributed by atoms with Gasteiger partial charge in [0.1, 0.15) is 23.5 Å². The Bertz CT molecular complexity index is 3210. The first-order valence-corrected chi connectivity index (χ1v) is 26.0. The number of ether oxygens (including phenoxy) is 1. The Kier molecular flexibility index (Phi) is 17.5. The third kappa shape index (κ3) is 13.3. The van der Waals surface area contributed by atoms with Gasteiger partial charge in [0.25, 0.3) is 23.6 Å². The van der Waals surface area contributed by atoms with Crippen molar-refractivity contribution >= 4 is 110 Å². The van der Waals surface area contributed by atoms with Crippen molar-refractivity contribution in [1.82, 2.24) is 35.6 Å². The topological polar surface area (TPSA) is 295 Å². The number of amides is 10. The first-order valence-electron chi connectivity index (χ1n) is 25.5. The molecule has 8 rings (SSSR count). The normalized spacial score (nSPS) is 16.0. The number of piperazine rings is 1. The predicted octanol–water partition coefficient (Wildman–Crippen LogP) is 3.95. The van der Waals surface area contributed by atoms with E-state index in [0.29, 0.717) is 59.0 Å². The van der Waals surface area contributed by atoms with Gasteiger partial charge in [-0.05, 0) is 85.3 Å². The number of benzene rings is 4. The summed E-state index contributed by atoms with van der Waals surface area (Å²) >= 11 is 6.55. The molecule has 1 saturated heterocycles. The second-order valence-electron chi connectivity index (χ2n) is 19.8. The number of rotatable bonds is 20. The molecule has 3 atom stereocenters. The summed E-state index contributed by atoms with van der Waals surface area (Å²) in [4.78, 5) is 139. The fraction of sp³-hybridized carbons (Fsp3) is 0.345. The van der Waals surface area contributed by atoms with Crippen molar-refractivity contribution in [2.75, 3.05) is 74.3 Å². The molecule has 0 saturated carbocycles. The first-order chi connectivity index (χ1) is 37.3. The van der Waals surface area contributed by atoms with E-state index in [2.05, 4.69) is 36.5 Å². The number of anilines is 3. The van der Waals surface area contributed by atoms with E-state index in [9.17, 15) is 47.9 Å². The molecule has 22 nitrogen and oxygen atoms in total. The average molecular weight is 1090 g/mol. The van der Waals surface area contributed by atoms with Crippen molar-refractivity contribution in [3.8, 4) is 5.75 Å². The molecular formula is C55H60ClN11O11. The third-order valence-corrected chi connectivity index (χ3v) is 13.9. The lowest BCUT2D eigenvalue weighted by Crippen LogP contribution is -2.55. The number of aromatic nitrogens is 1. The number of nitrogens with zero attached hydrogens (tertiary/aromatic N) is 4. The van der Waals surface area contributed by atoms with E-state index < -0.39 is 78.4 Å². The number of alkyl halides is 1. The monoisotopic (exact) mass is 1090 g/mol. The van der Waals surface area contributed by atoms with Crippen LogP contribution in [0, 0.1) is 5.92 Å². The van der Waals surface area contributed by atoms with Crippen molar-refractivity contribution in [1.29, 1.82) is 0 Å². The molecule has 408 valence electrons. The van der Waals surface area contributed by atoms with Gasteiger partial charge in [0.15, 0.2) is 0 Å². The summed E-state index contributed by atoms with van der Waals surface area (Å²) in [6, 6.07) is 19.6. The van der Waals surface area contributed by atoms with Crippen LogP contribution in [-0.2, 0) is 33.6 Å². The maximum atomic E-state index is 14.4. The van der Waals surface area contributed by atoms with Gasteiger partial charge in [-0.2, -0.15) is 0 Å². The third-order valence-electron chi connectivity index (χ3n) is 13.6. The Hall–Kier alpha value is -8.63. The summed E-state index contributed by atoms with van der Waals surface area (Å²) in [6.07, 6.45) is 1.39. The summed E-state index contributed by atoms with van der Waals surface area (Å²) in [5.41, 5.74) is 8.81. The highest BCUT2D eigenvalue weighted by molar-refractivity contribution is 6.19. The van der Waals surface area contributed by atoms with Gasteiger partial charge in [-0.25, -0.2) is 4.79 Å². The predicted molar refractivity (Wildman–Crippen MR) is 291 cm³/mol.